The lowest BCUT2D eigenvalue weighted by atomic mass is 10.0. The highest BCUT2D eigenvalue weighted by atomic mass is 19.1. The van der Waals surface area contributed by atoms with Crippen molar-refractivity contribution in [2.45, 2.75) is 6.17 Å². The second kappa shape index (κ2) is 6.92. The predicted octanol–water partition coefficient (Wildman–Crippen LogP) is 3.74. The second-order valence-electron chi connectivity index (χ2n) is 6.10. The zero-order chi connectivity index (χ0) is 18.8. The number of hydrogen-bond acceptors (Lipinski definition) is 3. The van der Waals surface area contributed by atoms with E-state index >= 15 is 0 Å². The molecule has 2 N–H and O–H groups in total. The fourth-order valence-corrected chi connectivity index (χ4v) is 3.05. The first-order valence-electron chi connectivity index (χ1n) is 8.45. The molecule has 4 rings (SSSR count). The number of halogens is 1. The van der Waals surface area contributed by atoms with Gasteiger partial charge in [-0.2, -0.15) is 0 Å². The topological polar surface area (TPSA) is 61.4 Å². The zero-order valence-corrected chi connectivity index (χ0v) is 14.2. The number of benzene rings is 3. The van der Waals surface area contributed by atoms with Gasteiger partial charge in [0, 0.05) is 16.8 Å². The van der Waals surface area contributed by atoms with Gasteiger partial charge in [-0.15, -0.1) is 0 Å². The molecule has 0 saturated carbocycles. The molecule has 0 bridgehead atoms. The van der Waals surface area contributed by atoms with Crippen LogP contribution in [0.4, 0.5) is 10.1 Å². The van der Waals surface area contributed by atoms with Gasteiger partial charge in [0.1, 0.15) is 5.82 Å². The van der Waals surface area contributed by atoms with E-state index in [4.69, 9.17) is 0 Å². The van der Waals surface area contributed by atoms with Crippen LogP contribution in [-0.4, -0.2) is 16.8 Å². The minimum atomic E-state index is -0.874. The molecule has 1 unspecified atom stereocenters. The average Bonchev–Trinajstić information content (AvgIpc) is 2.71. The van der Waals surface area contributed by atoms with Crippen LogP contribution in [0.5, 0.6) is 0 Å². The molecule has 0 aliphatic carbocycles. The summed E-state index contributed by atoms with van der Waals surface area (Å²) in [6.45, 7) is 0. The van der Waals surface area contributed by atoms with Crippen molar-refractivity contribution >= 4 is 17.5 Å². The first kappa shape index (κ1) is 16.8. The number of hydrazine groups is 1. The van der Waals surface area contributed by atoms with E-state index in [9.17, 15) is 14.0 Å². The fraction of sp³-hybridized carbons (Fsp3) is 0.0476. The maximum Gasteiger partial charge on any atom is 0.276 e. The molecule has 27 heavy (non-hydrogen) atoms. The van der Waals surface area contributed by atoms with E-state index in [1.165, 1.54) is 6.07 Å². The Hall–Kier alpha value is -3.67. The molecule has 5 nitrogen and oxygen atoms in total. The number of nitrogens with one attached hydrogen (secondary N) is 2. The number of nitrogens with zero attached hydrogens (tertiary/aromatic N) is 1. The molecule has 0 spiro atoms. The maximum absolute atomic E-state index is 14.4. The number of amides is 2. The summed E-state index contributed by atoms with van der Waals surface area (Å²) >= 11 is 0. The quantitative estimate of drug-likeness (QED) is 0.747. The second-order valence-corrected chi connectivity index (χ2v) is 6.10. The largest absolute Gasteiger partial charge is 0.359 e. The zero-order valence-electron chi connectivity index (χ0n) is 14.2. The van der Waals surface area contributed by atoms with Gasteiger partial charge in [0.2, 0.25) is 0 Å². The third-order valence-electron chi connectivity index (χ3n) is 4.38. The Bertz CT molecular complexity index is 1010. The first-order valence-corrected chi connectivity index (χ1v) is 8.45. The monoisotopic (exact) mass is 361 g/mol. The van der Waals surface area contributed by atoms with Gasteiger partial charge in [-0.3, -0.25) is 15.0 Å². The lowest BCUT2D eigenvalue weighted by Gasteiger charge is -2.37. The highest BCUT2D eigenvalue weighted by Gasteiger charge is 2.35. The lowest BCUT2D eigenvalue weighted by molar-refractivity contribution is 0.0487. The van der Waals surface area contributed by atoms with E-state index in [0.717, 1.165) is 5.01 Å². The van der Waals surface area contributed by atoms with E-state index in [1.807, 2.05) is 0 Å². The Labute approximate surface area is 155 Å². The Balaban J connectivity index is 1.74. The van der Waals surface area contributed by atoms with Crippen LogP contribution >= 0.6 is 0 Å². The minimum Gasteiger partial charge on any atom is -0.359 e. The molecule has 0 aromatic heterocycles. The van der Waals surface area contributed by atoms with Crippen molar-refractivity contribution in [3.63, 3.8) is 0 Å². The molecule has 1 atom stereocenters. The van der Waals surface area contributed by atoms with Crippen molar-refractivity contribution in [2.24, 2.45) is 0 Å². The summed E-state index contributed by atoms with van der Waals surface area (Å²) in [5.41, 5.74) is 4.26. The average molecular weight is 361 g/mol. The Morgan fingerprint density at radius 1 is 0.926 bits per heavy atom. The standard InChI is InChI=1S/C21H16FN3O2/c22-17-12-6-4-10-15(17)19-23-18-13-7-5-11-16(18)21(27)25(19)24-20(26)14-8-2-1-3-9-14/h1-13,19,23H,(H,24,26). The molecule has 134 valence electrons. The normalized spacial score (nSPS) is 15.7. The number of carbonyl (C=O) groups is 2. The van der Waals surface area contributed by atoms with Gasteiger partial charge >= 0.3 is 0 Å². The van der Waals surface area contributed by atoms with E-state index in [-0.39, 0.29) is 5.56 Å². The first-order chi connectivity index (χ1) is 13.1. The van der Waals surface area contributed by atoms with E-state index < -0.39 is 23.8 Å². The van der Waals surface area contributed by atoms with Crippen LogP contribution in [0, 0.1) is 5.82 Å². The van der Waals surface area contributed by atoms with Crippen molar-refractivity contribution in [1.29, 1.82) is 0 Å². The van der Waals surface area contributed by atoms with Crippen molar-refractivity contribution in [1.82, 2.24) is 10.4 Å². The van der Waals surface area contributed by atoms with Gasteiger partial charge in [0.15, 0.2) is 6.17 Å². The number of hydrogen-bond donors (Lipinski definition) is 2. The third-order valence-corrected chi connectivity index (χ3v) is 4.38. The smallest absolute Gasteiger partial charge is 0.276 e. The number of fused-ring (bicyclic) bond motifs is 1. The van der Waals surface area contributed by atoms with E-state index in [1.54, 1.807) is 72.8 Å². The number of anilines is 1. The van der Waals surface area contributed by atoms with Gasteiger partial charge in [0.25, 0.3) is 11.8 Å². The predicted molar refractivity (Wildman–Crippen MR) is 99.3 cm³/mol. The van der Waals surface area contributed by atoms with E-state index in [0.29, 0.717) is 16.8 Å². The lowest BCUT2D eigenvalue weighted by Crippen LogP contribution is -2.53. The summed E-state index contributed by atoms with van der Waals surface area (Å²) in [4.78, 5) is 25.6. The number of carbonyl (C=O) groups excluding carboxylic acids is 2. The van der Waals surface area contributed by atoms with Crippen LogP contribution in [0.2, 0.25) is 0 Å². The summed E-state index contributed by atoms with van der Waals surface area (Å²) in [5, 5.41) is 4.28. The van der Waals surface area contributed by atoms with Crippen LogP contribution in [0.25, 0.3) is 0 Å². The van der Waals surface area contributed by atoms with Crippen LogP contribution < -0.4 is 10.7 Å². The minimum absolute atomic E-state index is 0.258. The fourth-order valence-electron chi connectivity index (χ4n) is 3.05. The Morgan fingerprint density at radius 3 is 2.37 bits per heavy atom. The molecule has 3 aromatic carbocycles. The van der Waals surface area contributed by atoms with Crippen LogP contribution in [-0.2, 0) is 0 Å². The van der Waals surface area contributed by atoms with Crippen LogP contribution in [0.1, 0.15) is 32.4 Å². The summed E-state index contributed by atoms with van der Waals surface area (Å²) in [5.74, 6) is -1.34. The molecule has 3 aromatic rings. The van der Waals surface area contributed by atoms with Gasteiger partial charge in [-0.05, 0) is 30.3 Å². The van der Waals surface area contributed by atoms with Crippen molar-refractivity contribution in [2.75, 3.05) is 5.32 Å². The third kappa shape index (κ3) is 3.13. The van der Waals surface area contributed by atoms with Gasteiger partial charge in [0.05, 0.1) is 5.56 Å². The van der Waals surface area contributed by atoms with Crippen LogP contribution in [0.3, 0.4) is 0 Å². The number of rotatable bonds is 3. The molecule has 6 heteroatoms. The molecular formula is C21H16FN3O2. The molecule has 0 saturated heterocycles. The molecule has 1 aliphatic heterocycles. The Morgan fingerprint density at radius 2 is 1.59 bits per heavy atom. The summed E-state index contributed by atoms with van der Waals surface area (Å²) in [6.07, 6.45) is -0.874. The van der Waals surface area contributed by atoms with Gasteiger partial charge in [-0.1, -0.05) is 48.5 Å². The molecule has 1 heterocycles. The number of para-hydroxylation sites is 1. The van der Waals surface area contributed by atoms with Gasteiger partial charge < -0.3 is 5.32 Å². The van der Waals surface area contributed by atoms with Crippen molar-refractivity contribution in [3.05, 3.63) is 101 Å². The summed E-state index contributed by atoms with van der Waals surface area (Å²) in [7, 11) is 0. The maximum atomic E-state index is 14.4. The summed E-state index contributed by atoms with van der Waals surface area (Å²) < 4.78 is 14.4. The molecule has 2 amide bonds. The molecule has 0 radical (unpaired) electrons. The highest BCUT2D eigenvalue weighted by molar-refractivity contribution is 6.03. The van der Waals surface area contributed by atoms with Crippen molar-refractivity contribution in [3.8, 4) is 0 Å². The Kier molecular flexibility index (Phi) is 4.30. The van der Waals surface area contributed by atoms with Crippen LogP contribution in [0.15, 0.2) is 78.9 Å². The highest BCUT2D eigenvalue weighted by Crippen LogP contribution is 2.32. The van der Waals surface area contributed by atoms with Crippen molar-refractivity contribution < 1.29 is 14.0 Å². The van der Waals surface area contributed by atoms with Gasteiger partial charge in [-0.25, -0.2) is 9.40 Å². The molecule has 0 fully saturated rings. The SMILES string of the molecule is O=C(NN1C(=O)c2ccccc2NC1c1ccccc1F)c1ccccc1. The van der Waals surface area contributed by atoms with E-state index in [2.05, 4.69) is 10.7 Å². The summed E-state index contributed by atoms with van der Waals surface area (Å²) in [6, 6.07) is 21.6. The molecule has 1 aliphatic rings. The molecular weight excluding hydrogens is 345 g/mol.